The van der Waals surface area contributed by atoms with Crippen molar-refractivity contribution in [1.29, 1.82) is 0 Å². The molecule has 2 amide bonds. The van der Waals surface area contributed by atoms with Gasteiger partial charge >= 0.3 is 5.97 Å². The van der Waals surface area contributed by atoms with Crippen molar-refractivity contribution < 1.29 is 23.9 Å². The van der Waals surface area contributed by atoms with Crippen molar-refractivity contribution in [2.24, 2.45) is 0 Å². The van der Waals surface area contributed by atoms with E-state index in [0.29, 0.717) is 22.7 Å². The lowest BCUT2D eigenvalue weighted by Crippen LogP contribution is -2.21. The monoisotopic (exact) mass is 404 g/mol. The molecular formula is C23H20N2O5. The Labute approximate surface area is 173 Å². The zero-order chi connectivity index (χ0) is 21.3. The van der Waals surface area contributed by atoms with Crippen LogP contribution in [0.4, 0.5) is 11.4 Å². The van der Waals surface area contributed by atoms with Crippen LogP contribution in [0.3, 0.4) is 0 Å². The van der Waals surface area contributed by atoms with Crippen LogP contribution in [-0.4, -0.2) is 31.5 Å². The summed E-state index contributed by atoms with van der Waals surface area (Å²) in [5.74, 6) is -0.718. The van der Waals surface area contributed by atoms with E-state index in [0.717, 1.165) is 0 Å². The summed E-state index contributed by atoms with van der Waals surface area (Å²) in [5, 5.41) is 5.42. The molecule has 0 saturated carbocycles. The van der Waals surface area contributed by atoms with Gasteiger partial charge in [0.2, 0.25) is 0 Å². The van der Waals surface area contributed by atoms with Gasteiger partial charge in [-0.3, -0.25) is 9.59 Å². The number of ether oxygens (including phenoxy) is 2. The summed E-state index contributed by atoms with van der Waals surface area (Å²) in [6.07, 6.45) is 0. The molecule has 3 rings (SSSR count). The van der Waals surface area contributed by atoms with Crippen LogP contribution in [0, 0.1) is 0 Å². The smallest absolute Gasteiger partial charge is 0.339 e. The van der Waals surface area contributed by atoms with Crippen molar-refractivity contribution in [2.45, 2.75) is 0 Å². The van der Waals surface area contributed by atoms with Gasteiger partial charge in [0.1, 0.15) is 5.75 Å². The molecule has 0 aliphatic heterocycles. The molecule has 7 nitrogen and oxygen atoms in total. The lowest BCUT2D eigenvalue weighted by molar-refractivity contribution is -0.118. The number of nitrogens with one attached hydrogen (secondary N) is 2. The second kappa shape index (κ2) is 9.88. The number of para-hydroxylation sites is 1. The summed E-state index contributed by atoms with van der Waals surface area (Å²) in [6.45, 7) is -0.245. The number of esters is 1. The van der Waals surface area contributed by atoms with Crippen LogP contribution in [0.2, 0.25) is 0 Å². The van der Waals surface area contributed by atoms with Crippen molar-refractivity contribution >= 4 is 29.2 Å². The van der Waals surface area contributed by atoms with Gasteiger partial charge in [-0.25, -0.2) is 4.79 Å². The first-order valence-electron chi connectivity index (χ1n) is 9.13. The van der Waals surface area contributed by atoms with E-state index in [2.05, 4.69) is 10.6 Å². The van der Waals surface area contributed by atoms with Crippen molar-refractivity contribution in [3.05, 3.63) is 90.0 Å². The fourth-order valence-corrected chi connectivity index (χ4v) is 2.64. The number of rotatable bonds is 7. The highest BCUT2D eigenvalue weighted by Gasteiger charge is 2.13. The van der Waals surface area contributed by atoms with Crippen LogP contribution < -0.4 is 15.4 Å². The largest absolute Gasteiger partial charge is 0.484 e. The van der Waals surface area contributed by atoms with Crippen molar-refractivity contribution in [3.8, 4) is 5.75 Å². The first kappa shape index (κ1) is 20.6. The Morgan fingerprint density at radius 3 is 2.17 bits per heavy atom. The summed E-state index contributed by atoms with van der Waals surface area (Å²) < 4.78 is 10.2. The van der Waals surface area contributed by atoms with Crippen molar-refractivity contribution in [3.63, 3.8) is 0 Å². The minimum absolute atomic E-state index is 0.215. The average molecular weight is 404 g/mol. The van der Waals surface area contributed by atoms with Gasteiger partial charge in [0.25, 0.3) is 11.8 Å². The zero-order valence-electron chi connectivity index (χ0n) is 16.3. The number of carbonyl (C=O) groups is 3. The van der Waals surface area contributed by atoms with E-state index in [9.17, 15) is 14.4 Å². The second-order valence-electron chi connectivity index (χ2n) is 6.22. The molecule has 0 bridgehead atoms. The third kappa shape index (κ3) is 5.45. The Bertz CT molecular complexity index is 1030. The van der Waals surface area contributed by atoms with E-state index in [1.54, 1.807) is 72.8 Å². The first-order chi connectivity index (χ1) is 14.6. The summed E-state index contributed by atoms with van der Waals surface area (Å²) in [6, 6.07) is 22.1. The van der Waals surface area contributed by atoms with Gasteiger partial charge in [-0.15, -0.1) is 0 Å². The number of hydrogen-bond acceptors (Lipinski definition) is 5. The number of carbonyl (C=O) groups excluding carboxylic acids is 3. The van der Waals surface area contributed by atoms with Crippen LogP contribution in [-0.2, 0) is 9.53 Å². The molecular weight excluding hydrogens is 384 g/mol. The molecule has 0 aromatic heterocycles. The van der Waals surface area contributed by atoms with Gasteiger partial charge in [-0.1, -0.05) is 30.3 Å². The summed E-state index contributed by atoms with van der Waals surface area (Å²) >= 11 is 0. The maximum atomic E-state index is 12.2. The van der Waals surface area contributed by atoms with Crippen molar-refractivity contribution in [1.82, 2.24) is 0 Å². The second-order valence-corrected chi connectivity index (χ2v) is 6.22. The molecule has 0 heterocycles. The number of benzene rings is 3. The van der Waals surface area contributed by atoms with E-state index in [1.807, 2.05) is 6.07 Å². The maximum absolute atomic E-state index is 12.2. The molecule has 3 aromatic rings. The van der Waals surface area contributed by atoms with Gasteiger partial charge in [0, 0.05) is 11.3 Å². The average Bonchev–Trinajstić information content (AvgIpc) is 2.79. The topological polar surface area (TPSA) is 93.7 Å². The first-order valence-corrected chi connectivity index (χ1v) is 9.13. The van der Waals surface area contributed by atoms with Crippen LogP contribution in [0.15, 0.2) is 78.9 Å². The van der Waals surface area contributed by atoms with Gasteiger partial charge in [0.05, 0.1) is 18.4 Å². The van der Waals surface area contributed by atoms with E-state index in [-0.39, 0.29) is 18.1 Å². The van der Waals surface area contributed by atoms with Gasteiger partial charge < -0.3 is 20.1 Å². The zero-order valence-corrected chi connectivity index (χ0v) is 16.3. The Balaban J connectivity index is 1.53. The third-order valence-corrected chi connectivity index (χ3v) is 4.12. The lowest BCUT2D eigenvalue weighted by atomic mass is 10.2. The van der Waals surface area contributed by atoms with Crippen LogP contribution in [0.5, 0.6) is 5.75 Å². The molecule has 2 N–H and O–H groups in total. The van der Waals surface area contributed by atoms with Gasteiger partial charge in [-0.05, 0) is 48.5 Å². The fourth-order valence-electron chi connectivity index (χ4n) is 2.64. The number of hydrogen-bond donors (Lipinski definition) is 2. The Morgan fingerprint density at radius 2 is 1.47 bits per heavy atom. The number of amides is 2. The van der Waals surface area contributed by atoms with E-state index in [4.69, 9.17) is 9.47 Å². The predicted octanol–water partition coefficient (Wildman–Crippen LogP) is 3.74. The number of anilines is 2. The highest BCUT2D eigenvalue weighted by Crippen LogP contribution is 2.18. The van der Waals surface area contributed by atoms with E-state index >= 15 is 0 Å². The number of methoxy groups -OCH3 is 1. The molecule has 0 aliphatic rings. The molecule has 7 heteroatoms. The van der Waals surface area contributed by atoms with E-state index < -0.39 is 11.9 Å². The molecule has 0 radical (unpaired) electrons. The minimum Gasteiger partial charge on any atom is -0.484 e. The predicted molar refractivity (Wildman–Crippen MR) is 113 cm³/mol. The summed E-state index contributed by atoms with van der Waals surface area (Å²) in [7, 11) is 1.27. The lowest BCUT2D eigenvalue weighted by Gasteiger charge is -2.11. The normalized spacial score (nSPS) is 10.0. The van der Waals surface area contributed by atoms with Crippen LogP contribution in [0.25, 0.3) is 0 Å². The molecule has 30 heavy (non-hydrogen) atoms. The quantitative estimate of drug-likeness (QED) is 0.585. The van der Waals surface area contributed by atoms with Gasteiger partial charge in [0.15, 0.2) is 6.61 Å². The Morgan fingerprint density at radius 1 is 0.800 bits per heavy atom. The Kier molecular flexibility index (Phi) is 6.78. The third-order valence-electron chi connectivity index (χ3n) is 4.12. The molecule has 0 fully saturated rings. The van der Waals surface area contributed by atoms with Crippen LogP contribution >= 0.6 is 0 Å². The molecule has 0 unspecified atom stereocenters. The summed E-state index contributed by atoms with van der Waals surface area (Å²) in [4.78, 5) is 36.1. The highest BCUT2D eigenvalue weighted by molar-refractivity contribution is 6.04. The molecule has 0 atom stereocenters. The van der Waals surface area contributed by atoms with Gasteiger partial charge in [-0.2, -0.15) is 0 Å². The highest BCUT2D eigenvalue weighted by atomic mass is 16.5. The fraction of sp³-hybridized carbons (Fsp3) is 0.0870. The molecule has 0 aliphatic carbocycles. The standard InChI is InChI=1S/C23H20N2O5/c1-29-23(28)19-9-5-6-10-20(19)25-21(26)15-30-18-13-11-17(12-14-18)24-22(27)16-7-3-2-4-8-16/h2-14H,15H2,1H3,(H,24,27)(H,25,26). The summed E-state index contributed by atoms with van der Waals surface area (Å²) in [5.41, 5.74) is 1.76. The minimum atomic E-state index is -0.542. The van der Waals surface area contributed by atoms with Crippen molar-refractivity contribution in [2.75, 3.05) is 24.4 Å². The Hall–Kier alpha value is -4.13. The molecule has 0 saturated heterocycles. The molecule has 152 valence electrons. The molecule has 0 spiro atoms. The van der Waals surface area contributed by atoms with Crippen LogP contribution in [0.1, 0.15) is 20.7 Å². The maximum Gasteiger partial charge on any atom is 0.339 e. The van der Waals surface area contributed by atoms with E-state index in [1.165, 1.54) is 7.11 Å². The SMILES string of the molecule is COC(=O)c1ccccc1NC(=O)COc1ccc(NC(=O)c2ccccc2)cc1. The molecule has 3 aromatic carbocycles.